The van der Waals surface area contributed by atoms with Crippen LogP contribution in [0.4, 0.5) is 8.78 Å². The minimum Gasteiger partial charge on any atom is -0.309 e. The Hall–Kier alpha value is -0.780. The molecule has 0 saturated heterocycles. The van der Waals surface area contributed by atoms with Gasteiger partial charge in [-0.1, -0.05) is 0 Å². The van der Waals surface area contributed by atoms with Crippen LogP contribution in [0.2, 0.25) is 0 Å². The smallest absolute Gasteiger partial charge is 0.126 e. The lowest BCUT2D eigenvalue weighted by molar-refractivity contribution is 0.571. The van der Waals surface area contributed by atoms with E-state index >= 15 is 0 Å². The zero-order valence-corrected chi connectivity index (χ0v) is 11.4. The maximum absolute atomic E-state index is 13.2. The molecule has 1 aromatic heterocycles. The van der Waals surface area contributed by atoms with Crippen molar-refractivity contribution in [3.63, 3.8) is 0 Å². The van der Waals surface area contributed by atoms with Crippen LogP contribution in [-0.2, 0) is 0 Å². The molecule has 1 heterocycles. The fourth-order valence-corrected chi connectivity index (χ4v) is 3.29. The third-order valence-electron chi connectivity index (χ3n) is 2.46. The highest BCUT2D eigenvalue weighted by Crippen LogP contribution is 2.31. The molecular weight excluding hydrogens is 308 g/mol. The minimum absolute atomic E-state index is 0.221. The number of halogens is 3. The molecule has 0 amide bonds. The molecule has 1 nitrogen and oxygen atoms in total. The van der Waals surface area contributed by atoms with Crippen LogP contribution >= 0.6 is 27.3 Å². The summed E-state index contributed by atoms with van der Waals surface area (Å²) < 4.78 is 27.3. The van der Waals surface area contributed by atoms with E-state index in [1.54, 1.807) is 7.05 Å². The lowest BCUT2D eigenvalue weighted by Gasteiger charge is -2.16. The van der Waals surface area contributed by atoms with Crippen molar-refractivity contribution in [2.24, 2.45) is 0 Å². The van der Waals surface area contributed by atoms with Crippen molar-refractivity contribution in [2.45, 2.75) is 6.04 Å². The normalized spacial score (nSPS) is 12.7. The van der Waals surface area contributed by atoms with E-state index in [0.29, 0.717) is 5.56 Å². The van der Waals surface area contributed by atoms with Crippen molar-refractivity contribution in [3.8, 4) is 0 Å². The summed E-state index contributed by atoms with van der Waals surface area (Å²) >= 11 is 4.96. The number of benzene rings is 1. The van der Waals surface area contributed by atoms with E-state index in [0.717, 1.165) is 16.1 Å². The topological polar surface area (TPSA) is 12.0 Å². The standard InChI is InChI=1S/C12H10BrF2NS/c1-16-12(10-5-17-6-11(10)13)7-2-8(14)4-9(15)3-7/h2-6,12,16H,1H3. The van der Waals surface area contributed by atoms with Gasteiger partial charge in [-0.2, -0.15) is 11.3 Å². The lowest BCUT2D eigenvalue weighted by Crippen LogP contribution is -2.17. The van der Waals surface area contributed by atoms with E-state index < -0.39 is 11.6 Å². The van der Waals surface area contributed by atoms with Gasteiger partial charge in [-0.15, -0.1) is 0 Å². The van der Waals surface area contributed by atoms with Crippen molar-refractivity contribution < 1.29 is 8.78 Å². The predicted octanol–water partition coefficient (Wildman–Crippen LogP) is 4.10. The Morgan fingerprint density at radius 1 is 1.18 bits per heavy atom. The van der Waals surface area contributed by atoms with E-state index in [2.05, 4.69) is 21.2 Å². The number of rotatable bonds is 3. The minimum atomic E-state index is -0.563. The van der Waals surface area contributed by atoms with Crippen LogP contribution in [0, 0.1) is 11.6 Å². The SMILES string of the molecule is CNC(c1cc(F)cc(F)c1)c1cscc1Br. The molecular formula is C12H10BrF2NS. The third-order valence-corrected chi connectivity index (χ3v) is 4.21. The van der Waals surface area contributed by atoms with Crippen molar-refractivity contribution in [1.29, 1.82) is 0 Å². The molecule has 0 aliphatic carbocycles. The molecule has 0 spiro atoms. The maximum atomic E-state index is 13.2. The highest BCUT2D eigenvalue weighted by Gasteiger charge is 2.17. The molecule has 1 unspecified atom stereocenters. The second-order valence-corrected chi connectivity index (χ2v) is 5.20. The van der Waals surface area contributed by atoms with E-state index in [1.807, 2.05) is 10.8 Å². The molecule has 1 N–H and O–H groups in total. The van der Waals surface area contributed by atoms with Crippen molar-refractivity contribution in [2.75, 3.05) is 7.05 Å². The molecule has 2 aromatic rings. The lowest BCUT2D eigenvalue weighted by atomic mass is 10.0. The average molecular weight is 318 g/mol. The van der Waals surface area contributed by atoms with Gasteiger partial charge in [0.2, 0.25) is 0 Å². The molecule has 0 aliphatic heterocycles. The molecule has 17 heavy (non-hydrogen) atoms. The summed E-state index contributed by atoms with van der Waals surface area (Å²) in [5, 5.41) is 6.95. The Morgan fingerprint density at radius 2 is 1.82 bits per heavy atom. The Morgan fingerprint density at radius 3 is 2.29 bits per heavy atom. The Labute approximate surface area is 111 Å². The van der Waals surface area contributed by atoms with Crippen molar-refractivity contribution in [1.82, 2.24) is 5.32 Å². The largest absolute Gasteiger partial charge is 0.309 e. The molecule has 0 saturated carbocycles. The van der Waals surface area contributed by atoms with Crippen LogP contribution in [0.3, 0.4) is 0 Å². The molecule has 2 rings (SSSR count). The Kier molecular flexibility index (Phi) is 3.91. The highest BCUT2D eigenvalue weighted by atomic mass is 79.9. The van der Waals surface area contributed by atoms with E-state index in [1.165, 1.54) is 23.5 Å². The fraction of sp³-hybridized carbons (Fsp3) is 0.167. The first kappa shape index (κ1) is 12.7. The number of thiophene rings is 1. The second kappa shape index (κ2) is 5.25. The van der Waals surface area contributed by atoms with Crippen LogP contribution in [-0.4, -0.2) is 7.05 Å². The molecule has 0 aliphatic rings. The van der Waals surface area contributed by atoms with Gasteiger partial charge in [0, 0.05) is 15.9 Å². The summed E-state index contributed by atoms with van der Waals surface area (Å²) in [6.45, 7) is 0. The van der Waals surface area contributed by atoms with Gasteiger partial charge in [0.1, 0.15) is 11.6 Å². The molecule has 1 atom stereocenters. The second-order valence-electron chi connectivity index (χ2n) is 3.60. The zero-order valence-electron chi connectivity index (χ0n) is 9.01. The monoisotopic (exact) mass is 317 g/mol. The van der Waals surface area contributed by atoms with Crippen LogP contribution < -0.4 is 5.32 Å². The first-order valence-electron chi connectivity index (χ1n) is 4.96. The van der Waals surface area contributed by atoms with E-state index in [-0.39, 0.29) is 6.04 Å². The number of hydrogen-bond acceptors (Lipinski definition) is 2. The number of nitrogens with one attached hydrogen (secondary N) is 1. The Bertz CT molecular complexity index is 507. The summed E-state index contributed by atoms with van der Waals surface area (Å²) in [7, 11) is 1.76. The first-order valence-corrected chi connectivity index (χ1v) is 6.70. The summed E-state index contributed by atoms with van der Waals surface area (Å²) in [5.41, 5.74) is 1.55. The molecule has 0 fully saturated rings. The quantitative estimate of drug-likeness (QED) is 0.898. The van der Waals surface area contributed by atoms with Gasteiger partial charge in [-0.05, 0) is 51.6 Å². The van der Waals surface area contributed by atoms with Gasteiger partial charge >= 0.3 is 0 Å². The highest BCUT2D eigenvalue weighted by molar-refractivity contribution is 9.10. The van der Waals surface area contributed by atoms with Crippen LogP contribution in [0.1, 0.15) is 17.2 Å². The van der Waals surface area contributed by atoms with E-state index in [9.17, 15) is 8.78 Å². The van der Waals surface area contributed by atoms with Crippen LogP contribution in [0.25, 0.3) is 0 Å². The van der Waals surface area contributed by atoms with Crippen LogP contribution in [0.5, 0.6) is 0 Å². The molecule has 0 bridgehead atoms. The summed E-state index contributed by atoms with van der Waals surface area (Å²) in [6.07, 6.45) is 0. The number of hydrogen-bond donors (Lipinski definition) is 1. The van der Waals surface area contributed by atoms with Gasteiger partial charge < -0.3 is 5.32 Å². The molecule has 90 valence electrons. The van der Waals surface area contributed by atoms with Gasteiger partial charge in [0.05, 0.1) is 6.04 Å². The first-order chi connectivity index (χ1) is 8.11. The van der Waals surface area contributed by atoms with Gasteiger partial charge in [-0.25, -0.2) is 8.78 Å². The Balaban J connectivity index is 2.45. The van der Waals surface area contributed by atoms with Crippen molar-refractivity contribution in [3.05, 3.63) is 56.2 Å². The molecule has 5 heteroatoms. The summed E-state index contributed by atoms with van der Waals surface area (Å²) in [5.74, 6) is -1.13. The van der Waals surface area contributed by atoms with Gasteiger partial charge in [0.15, 0.2) is 0 Å². The van der Waals surface area contributed by atoms with Gasteiger partial charge in [0.25, 0.3) is 0 Å². The molecule has 0 radical (unpaired) electrons. The average Bonchev–Trinajstić information content (AvgIpc) is 2.65. The van der Waals surface area contributed by atoms with Crippen LogP contribution in [0.15, 0.2) is 33.4 Å². The van der Waals surface area contributed by atoms with Crippen molar-refractivity contribution >= 4 is 27.3 Å². The predicted molar refractivity (Wildman–Crippen MR) is 69.3 cm³/mol. The zero-order chi connectivity index (χ0) is 12.4. The maximum Gasteiger partial charge on any atom is 0.126 e. The third kappa shape index (κ3) is 2.73. The summed E-state index contributed by atoms with van der Waals surface area (Å²) in [4.78, 5) is 0. The van der Waals surface area contributed by atoms with Gasteiger partial charge in [-0.3, -0.25) is 0 Å². The fourth-order valence-electron chi connectivity index (χ4n) is 1.74. The van der Waals surface area contributed by atoms with E-state index in [4.69, 9.17) is 0 Å². The summed E-state index contributed by atoms with van der Waals surface area (Å²) in [6, 6.07) is 3.34. The molecule has 1 aromatic carbocycles.